The zero-order valence-corrected chi connectivity index (χ0v) is 16.9. The van der Waals surface area contributed by atoms with Gasteiger partial charge in [0.05, 0.1) is 0 Å². The van der Waals surface area contributed by atoms with Gasteiger partial charge in [-0.2, -0.15) is 0 Å². The van der Waals surface area contributed by atoms with Crippen LogP contribution in [-0.4, -0.2) is 0 Å². The second kappa shape index (κ2) is 14.4. The van der Waals surface area contributed by atoms with Crippen molar-refractivity contribution < 1.29 is 31.0 Å². The Morgan fingerprint density at radius 2 is 1.14 bits per heavy atom. The molecule has 0 unspecified atom stereocenters. The monoisotopic (exact) mass is 358 g/mol. The van der Waals surface area contributed by atoms with E-state index in [0.29, 0.717) is 0 Å². The molecule has 0 aromatic rings. The van der Waals surface area contributed by atoms with Gasteiger partial charge in [0.2, 0.25) is 0 Å². The smallest absolute Gasteiger partial charge is 0 e. The first-order valence-corrected chi connectivity index (χ1v) is 8.38. The third kappa shape index (κ3) is 10.5. The fraction of sp³-hybridized carbons (Fsp3) is 0.600. The van der Waals surface area contributed by atoms with Crippen molar-refractivity contribution in [3.05, 3.63) is 46.6 Å². The average Bonchev–Trinajstić information content (AvgIpc) is 3.03. The molecule has 0 spiro atoms. The molecule has 22 heavy (non-hydrogen) atoms. The summed E-state index contributed by atoms with van der Waals surface area (Å²) in [5, 5.41) is 0. The van der Waals surface area contributed by atoms with Gasteiger partial charge < -0.3 is 12.4 Å². The van der Waals surface area contributed by atoms with Crippen molar-refractivity contribution in [2.24, 2.45) is 0 Å². The third-order valence-electron chi connectivity index (χ3n) is 3.94. The normalized spacial score (nSPS) is 15.5. The number of rotatable bonds is 6. The fourth-order valence-electron chi connectivity index (χ4n) is 2.62. The van der Waals surface area contributed by atoms with E-state index in [2.05, 4.69) is 52.0 Å². The molecule has 0 aliphatic heterocycles. The second-order valence-corrected chi connectivity index (χ2v) is 6.12. The molecule has 1 radical (unpaired) electrons. The molecule has 0 nitrogen and oxygen atoms in total. The van der Waals surface area contributed by atoms with Gasteiger partial charge in [0, 0.05) is 18.6 Å². The molecule has 2 aliphatic carbocycles. The van der Waals surface area contributed by atoms with Crippen LogP contribution in [0.4, 0.5) is 0 Å². The largest absolute Gasteiger partial charge is 1.00 e. The zero-order chi connectivity index (χ0) is 14.8. The molecule has 0 bridgehead atoms. The van der Waals surface area contributed by atoms with Crippen molar-refractivity contribution in [3.8, 4) is 0 Å². The van der Waals surface area contributed by atoms with Crippen molar-refractivity contribution >= 4 is 0 Å². The number of halogens is 1. The molecular formula is C20H32ClV-. The van der Waals surface area contributed by atoms with Gasteiger partial charge in [0.25, 0.3) is 0 Å². The van der Waals surface area contributed by atoms with Gasteiger partial charge in [-0.1, -0.05) is 73.3 Å². The maximum atomic E-state index is 2.33. The maximum Gasteiger partial charge on any atom is 0 e. The SMILES string of the molecule is CCCCC1=CC(C)=CC1.CCCCC1=CC(C)=CC1.[Cl-].[V]. The van der Waals surface area contributed by atoms with E-state index in [1.54, 1.807) is 11.1 Å². The molecule has 0 heterocycles. The molecule has 2 heteroatoms. The van der Waals surface area contributed by atoms with E-state index < -0.39 is 0 Å². The fourth-order valence-corrected chi connectivity index (χ4v) is 2.62. The molecule has 0 amide bonds. The van der Waals surface area contributed by atoms with Crippen molar-refractivity contribution in [2.45, 2.75) is 79.1 Å². The minimum Gasteiger partial charge on any atom is -1.00 e. The standard InChI is InChI=1S/2C10H16.ClH.V/c2*1-3-4-5-10-7-6-9(2)8-10;;/h2*6,8H,3-5,7H2,1-2H3;1H;/p-1. The van der Waals surface area contributed by atoms with Gasteiger partial charge >= 0.3 is 0 Å². The van der Waals surface area contributed by atoms with E-state index in [1.807, 2.05) is 0 Å². The predicted molar refractivity (Wildman–Crippen MR) is 92.0 cm³/mol. The Morgan fingerprint density at radius 1 is 0.773 bits per heavy atom. The minimum atomic E-state index is 0. The van der Waals surface area contributed by atoms with Gasteiger partial charge in [-0.25, -0.2) is 0 Å². The van der Waals surface area contributed by atoms with Crippen molar-refractivity contribution in [3.63, 3.8) is 0 Å². The van der Waals surface area contributed by atoms with Crippen molar-refractivity contribution in [1.82, 2.24) is 0 Å². The van der Waals surface area contributed by atoms with E-state index in [9.17, 15) is 0 Å². The van der Waals surface area contributed by atoms with E-state index >= 15 is 0 Å². The van der Waals surface area contributed by atoms with Crippen LogP contribution in [0.5, 0.6) is 0 Å². The molecule has 2 aliphatic rings. The topological polar surface area (TPSA) is 0 Å². The summed E-state index contributed by atoms with van der Waals surface area (Å²) in [4.78, 5) is 0. The van der Waals surface area contributed by atoms with Crippen LogP contribution in [0.2, 0.25) is 0 Å². The average molecular weight is 359 g/mol. The summed E-state index contributed by atoms with van der Waals surface area (Å²) in [5.41, 5.74) is 6.15. The summed E-state index contributed by atoms with van der Waals surface area (Å²) < 4.78 is 0. The van der Waals surface area contributed by atoms with Gasteiger partial charge in [0.1, 0.15) is 0 Å². The van der Waals surface area contributed by atoms with E-state index in [4.69, 9.17) is 0 Å². The Bertz CT molecular complexity index is 373. The van der Waals surface area contributed by atoms with Crippen LogP contribution < -0.4 is 12.4 Å². The number of hydrogen-bond donors (Lipinski definition) is 0. The number of unbranched alkanes of at least 4 members (excludes halogenated alkanes) is 2. The van der Waals surface area contributed by atoms with E-state index in [1.165, 1.54) is 62.5 Å². The Hall–Kier alpha value is -0.166. The molecule has 0 saturated carbocycles. The Kier molecular flexibility index (Phi) is 15.8. The van der Waals surface area contributed by atoms with Gasteiger partial charge in [0.15, 0.2) is 0 Å². The Balaban J connectivity index is 0. The number of hydrogen-bond acceptors (Lipinski definition) is 0. The van der Waals surface area contributed by atoms with Crippen LogP contribution in [0.25, 0.3) is 0 Å². The maximum absolute atomic E-state index is 2.33. The molecule has 0 N–H and O–H groups in total. The Morgan fingerprint density at radius 3 is 1.36 bits per heavy atom. The predicted octanol–water partition coefficient (Wildman–Crippen LogP) is 3.91. The van der Waals surface area contributed by atoms with Crippen molar-refractivity contribution in [1.29, 1.82) is 0 Å². The van der Waals surface area contributed by atoms with Crippen LogP contribution in [0.1, 0.15) is 79.1 Å². The second-order valence-electron chi connectivity index (χ2n) is 6.12. The van der Waals surface area contributed by atoms with Crippen LogP contribution in [0.3, 0.4) is 0 Å². The van der Waals surface area contributed by atoms with Crippen LogP contribution >= 0.6 is 0 Å². The molecule has 0 aromatic heterocycles. The first-order chi connectivity index (χ1) is 9.65. The summed E-state index contributed by atoms with van der Waals surface area (Å²) >= 11 is 0. The molecule has 125 valence electrons. The summed E-state index contributed by atoms with van der Waals surface area (Å²) in [5.74, 6) is 0. The van der Waals surface area contributed by atoms with Gasteiger partial charge in [-0.3, -0.25) is 0 Å². The summed E-state index contributed by atoms with van der Waals surface area (Å²) in [6, 6.07) is 0. The van der Waals surface area contributed by atoms with Gasteiger partial charge in [-0.05, 0) is 52.4 Å². The summed E-state index contributed by atoms with van der Waals surface area (Å²) in [7, 11) is 0. The molecule has 2 rings (SSSR count). The molecule has 0 atom stereocenters. The van der Waals surface area contributed by atoms with Gasteiger partial charge in [-0.15, -0.1) is 0 Å². The van der Waals surface area contributed by atoms with Crippen LogP contribution in [0.15, 0.2) is 46.6 Å². The molecule has 0 saturated heterocycles. The quantitative estimate of drug-likeness (QED) is 0.675. The van der Waals surface area contributed by atoms with E-state index in [0.717, 1.165) is 0 Å². The summed E-state index contributed by atoms with van der Waals surface area (Å²) in [6.07, 6.45) is 19.7. The van der Waals surface area contributed by atoms with E-state index in [-0.39, 0.29) is 31.0 Å². The zero-order valence-electron chi connectivity index (χ0n) is 14.8. The van der Waals surface area contributed by atoms with Crippen molar-refractivity contribution in [2.75, 3.05) is 0 Å². The third-order valence-corrected chi connectivity index (χ3v) is 3.94. The first kappa shape index (κ1) is 24.1. The molecule has 0 fully saturated rings. The minimum absolute atomic E-state index is 0. The molecule has 0 aromatic carbocycles. The molecular weight excluding hydrogens is 327 g/mol. The Labute approximate surface area is 156 Å². The first-order valence-electron chi connectivity index (χ1n) is 8.38. The van der Waals surface area contributed by atoms with Crippen LogP contribution in [0, 0.1) is 0 Å². The summed E-state index contributed by atoms with van der Waals surface area (Å²) in [6.45, 7) is 8.85. The van der Waals surface area contributed by atoms with Crippen LogP contribution in [-0.2, 0) is 18.6 Å². The number of allylic oxidation sites excluding steroid dienone is 8.